The Morgan fingerprint density at radius 1 is 1.17 bits per heavy atom. The van der Waals surface area contributed by atoms with Gasteiger partial charge in [-0.05, 0) is 42.2 Å². The summed E-state index contributed by atoms with van der Waals surface area (Å²) < 4.78 is 0. The number of fused-ring (bicyclic) bond motifs is 2. The van der Waals surface area contributed by atoms with E-state index in [0.29, 0.717) is 5.56 Å². The van der Waals surface area contributed by atoms with Crippen molar-refractivity contribution < 1.29 is 5.11 Å². The summed E-state index contributed by atoms with van der Waals surface area (Å²) >= 11 is 0. The van der Waals surface area contributed by atoms with E-state index in [9.17, 15) is 10.4 Å². The Kier molecular flexibility index (Phi) is 3.36. The van der Waals surface area contributed by atoms with E-state index in [1.54, 1.807) is 6.07 Å². The third-order valence-electron chi connectivity index (χ3n) is 4.66. The summed E-state index contributed by atoms with van der Waals surface area (Å²) in [5.41, 5.74) is 4.75. The molecular weight excluding hydrogens is 286 g/mol. The standard InChI is InChI=1S/C19H17N3O/c20-11-13-4-3-5-16-15(13)6-7-18-17(19(16)23)10-14(12-21-18)22-8-1-2-9-22/h3-7,10,12,19,23H,1-2,8-9H2. The molecule has 0 spiro atoms. The molecule has 4 heteroatoms. The highest BCUT2D eigenvalue weighted by molar-refractivity contribution is 5.78. The molecule has 4 rings (SSSR count). The molecule has 2 aliphatic rings. The molecular formula is C19H17N3O. The number of nitriles is 1. The van der Waals surface area contributed by atoms with E-state index in [4.69, 9.17) is 0 Å². The van der Waals surface area contributed by atoms with Crippen molar-refractivity contribution in [2.75, 3.05) is 18.0 Å². The summed E-state index contributed by atoms with van der Waals surface area (Å²) in [6, 6.07) is 9.70. The number of aliphatic hydroxyl groups is 1. The van der Waals surface area contributed by atoms with Gasteiger partial charge in [0.2, 0.25) is 0 Å². The van der Waals surface area contributed by atoms with Gasteiger partial charge in [-0.1, -0.05) is 18.2 Å². The van der Waals surface area contributed by atoms with Gasteiger partial charge in [0.1, 0.15) is 6.10 Å². The fourth-order valence-corrected chi connectivity index (χ4v) is 3.42. The molecule has 1 fully saturated rings. The molecule has 1 aromatic carbocycles. The summed E-state index contributed by atoms with van der Waals surface area (Å²) in [5, 5.41) is 20.2. The molecule has 1 aromatic heterocycles. The van der Waals surface area contributed by atoms with Crippen LogP contribution in [0.4, 0.5) is 5.69 Å². The lowest BCUT2D eigenvalue weighted by atomic mass is 9.95. The minimum Gasteiger partial charge on any atom is -0.384 e. The van der Waals surface area contributed by atoms with Crippen LogP contribution in [0.15, 0.2) is 30.5 Å². The lowest BCUT2D eigenvalue weighted by molar-refractivity contribution is 0.219. The predicted octanol–water partition coefficient (Wildman–Crippen LogP) is 3.12. The number of hydrogen-bond acceptors (Lipinski definition) is 4. The summed E-state index contributed by atoms with van der Waals surface area (Å²) in [6.45, 7) is 2.09. The molecule has 1 saturated heterocycles. The maximum absolute atomic E-state index is 10.9. The average molecular weight is 303 g/mol. The molecule has 2 aromatic rings. The topological polar surface area (TPSA) is 60.2 Å². The van der Waals surface area contributed by atoms with Crippen molar-refractivity contribution in [2.24, 2.45) is 0 Å². The monoisotopic (exact) mass is 303 g/mol. The minimum absolute atomic E-state index is 0.574. The highest BCUT2D eigenvalue weighted by Gasteiger charge is 2.23. The minimum atomic E-state index is -0.765. The van der Waals surface area contributed by atoms with E-state index in [2.05, 4.69) is 16.0 Å². The first-order valence-electron chi connectivity index (χ1n) is 7.92. The van der Waals surface area contributed by atoms with Gasteiger partial charge in [0, 0.05) is 18.7 Å². The molecule has 1 aliphatic heterocycles. The zero-order valence-electron chi connectivity index (χ0n) is 12.7. The maximum Gasteiger partial charge on any atom is 0.107 e. The van der Waals surface area contributed by atoms with Gasteiger partial charge >= 0.3 is 0 Å². The summed E-state index contributed by atoms with van der Waals surface area (Å²) in [7, 11) is 0. The SMILES string of the molecule is N#Cc1cccc2c1C=Cc1ncc(N3CCCC3)cc1C2O. The van der Waals surface area contributed by atoms with Crippen LogP contribution in [0.2, 0.25) is 0 Å². The number of aliphatic hydroxyl groups excluding tert-OH is 1. The van der Waals surface area contributed by atoms with Gasteiger partial charge in [0.05, 0.1) is 29.2 Å². The molecule has 1 atom stereocenters. The molecule has 114 valence electrons. The molecule has 0 radical (unpaired) electrons. The van der Waals surface area contributed by atoms with Crippen molar-refractivity contribution in [3.63, 3.8) is 0 Å². The molecule has 2 heterocycles. The van der Waals surface area contributed by atoms with Gasteiger partial charge in [-0.3, -0.25) is 4.98 Å². The van der Waals surface area contributed by atoms with Crippen molar-refractivity contribution in [3.05, 3.63) is 58.4 Å². The molecule has 4 nitrogen and oxygen atoms in total. The van der Waals surface area contributed by atoms with Gasteiger partial charge in [-0.15, -0.1) is 0 Å². The quantitative estimate of drug-likeness (QED) is 0.879. The Hall–Kier alpha value is -2.64. The van der Waals surface area contributed by atoms with Gasteiger partial charge in [-0.25, -0.2) is 0 Å². The van der Waals surface area contributed by atoms with Crippen LogP contribution >= 0.6 is 0 Å². The Labute approximate surface area is 135 Å². The Bertz CT molecular complexity index is 829. The van der Waals surface area contributed by atoms with Crippen LogP contribution < -0.4 is 4.90 Å². The lowest BCUT2D eigenvalue weighted by Crippen LogP contribution is -2.18. The van der Waals surface area contributed by atoms with Crippen molar-refractivity contribution >= 4 is 17.8 Å². The maximum atomic E-state index is 10.9. The fraction of sp³-hybridized carbons (Fsp3) is 0.263. The zero-order valence-corrected chi connectivity index (χ0v) is 12.7. The number of rotatable bonds is 1. The average Bonchev–Trinajstić information content (AvgIpc) is 3.09. The van der Waals surface area contributed by atoms with Gasteiger partial charge in [-0.2, -0.15) is 5.26 Å². The Balaban J connectivity index is 1.83. The number of benzene rings is 1. The molecule has 1 unspecified atom stereocenters. The number of anilines is 1. The van der Waals surface area contributed by atoms with E-state index < -0.39 is 6.10 Å². The summed E-state index contributed by atoms with van der Waals surface area (Å²) in [4.78, 5) is 6.85. The highest BCUT2D eigenvalue weighted by Crippen LogP contribution is 2.35. The normalized spacial score (nSPS) is 19.0. The number of nitrogens with zero attached hydrogens (tertiary/aromatic N) is 3. The van der Waals surface area contributed by atoms with Crippen LogP contribution in [-0.2, 0) is 0 Å². The van der Waals surface area contributed by atoms with Crippen LogP contribution in [0.1, 0.15) is 46.9 Å². The van der Waals surface area contributed by atoms with Crippen LogP contribution in [0.3, 0.4) is 0 Å². The smallest absolute Gasteiger partial charge is 0.107 e. The first-order chi connectivity index (χ1) is 11.3. The van der Waals surface area contributed by atoms with Gasteiger partial charge < -0.3 is 10.0 Å². The van der Waals surface area contributed by atoms with Gasteiger partial charge in [0.25, 0.3) is 0 Å². The van der Waals surface area contributed by atoms with E-state index in [-0.39, 0.29) is 0 Å². The Morgan fingerprint density at radius 2 is 2.00 bits per heavy atom. The molecule has 0 saturated carbocycles. The second kappa shape index (κ2) is 5.53. The second-order valence-electron chi connectivity index (χ2n) is 6.02. The Morgan fingerprint density at radius 3 is 2.78 bits per heavy atom. The molecule has 0 amide bonds. The van der Waals surface area contributed by atoms with Crippen molar-refractivity contribution in [1.29, 1.82) is 5.26 Å². The largest absolute Gasteiger partial charge is 0.384 e. The lowest BCUT2D eigenvalue weighted by Gasteiger charge is -2.20. The molecule has 1 N–H and O–H groups in total. The number of pyridine rings is 1. The summed E-state index contributed by atoms with van der Waals surface area (Å²) in [6.07, 6.45) is 7.28. The fourth-order valence-electron chi connectivity index (χ4n) is 3.42. The zero-order chi connectivity index (χ0) is 15.8. The molecule has 0 bridgehead atoms. The van der Waals surface area contributed by atoms with Gasteiger partial charge in [0.15, 0.2) is 0 Å². The molecule has 23 heavy (non-hydrogen) atoms. The van der Waals surface area contributed by atoms with E-state index >= 15 is 0 Å². The van der Waals surface area contributed by atoms with Crippen LogP contribution in [0.5, 0.6) is 0 Å². The first-order valence-corrected chi connectivity index (χ1v) is 7.92. The van der Waals surface area contributed by atoms with E-state index in [0.717, 1.165) is 41.2 Å². The van der Waals surface area contributed by atoms with Crippen LogP contribution in [0.25, 0.3) is 12.2 Å². The van der Waals surface area contributed by atoms with Crippen LogP contribution in [-0.4, -0.2) is 23.2 Å². The van der Waals surface area contributed by atoms with Crippen molar-refractivity contribution in [3.8, 4) is 6.07 Å². The first kappa shape index (κ1) is 14.0. The van der Waals surface area contributed by atoms with E-state index in [1.807, 2.05) is 36.5 Å². The predicted molar refractivity (Wildman–Crippen MR) is 89.8 cm³/mol. The van der Waals surface area contributed by atoms with Crippen molar-refractivity contribution in [1.82, 2.24) is 4.98 Å². The highest BCUT2D eigenvalue weighted by atomic mass is 16.3. The third-order valence-corrected chi connectivity index (χ3v) is 4.66. The number of hydrogen-bond donors (Lipinski definition) is 1. The molecule has 1 aliphatic carbocycles. The summed E-state index contributed by atoms with van der Waals surface area (Å²) in [5.74, 6) is 0. The van der Waals surface area contributed by atoms with Crippen molar-refractivity contribution in [2.45, 2.75) is 18.9 Å². The van der Waals surface area contributed by atoms with Crippen LogP contribution in [0, 0.1) is 11.3 Å². The third kappa shape index (κ3) is 2.30. The second-order valence-corrected chi connectivity index (χ2v) is 6.02. The number of aromatic nitrogens is 1. The van der Waals surface area contributed by atoms with E-state index in [1.165, 1.54) is 12.8 Å².